The van der Waals surface area contributed by atoms with Crippen LogP contribution in [0.2, 0.25) is 0 Å². The highest BCUT2D eigenvalue weighted by molar-refractivity contribution is 6.31. The van der Waals surface area contributed by atoms with Gasteiger partial charge in [-0.3, -0.25) is 9.59 Å². The van der Waals surface area contributed by atoms with E-state index in [4.69, 9.17) is 4.74 Å². The number of fused-ring (bicyclic) bond motifs is 2. The van der Waals surface area contributed by atoms with Gasteiger partial charge in [0, 0.05) is 11.1 Å². The van der Waals surface area contributed by atoms with E-state index >= 15 is 0 Å². The van der Waals surface area contributed by atoms with Crippen molar-refractivity contribution in [2.75, 3.05) is 6.61 Å². The van der Waals surface area contributed by atoms with E-state index in [-0.39, 0.29) is 5.56 Å². The molecule has 4 rings (SSSR count). The topological polar surface area (TPSA) is 243 Å². The number of aromatic carboxylic acids is 1. The molecule has 1 aliphatic heterocycles. The standard InChI is InChI=1S/C22H20O13/c1-4-8-5(2-6(24)9(4)22(33)34)13(25)10-11(15(8)27)16(28)12(18(30)17(10)29)21-20(32)19(31)14(26)7(3-23)35-21/h2,7,14,19-21,23-24,26,28-32H,3H2,1H3,(H,33,34)/t7-,14+,19+,20-,21-/m0/s1. The second kappa shape index (κ2) is 8.18. The Balaban J connectivity index is 1.99. The molecule has 1 heterocycles. The Morgan fingerprint density at radius 2 is 1.49 bits per heavy atom. The van der Waals surface area contributed by atoms with Gasteiger partial charge in [0.15, 0.2) is 23.1 Å². The summed E-state index contributed by atoms with van der Waals surface area (Å²) in [5.41, 5.74) is -4.49. The molecular weight excluding hydrogens is 472 g/mol. The summed E-state index contributed by atoms with van der Waals surface area (Å²) in [6.07, 6.45) is -9.12. The fourth-order valence-corrected chi connectivity index (χ4v) is 4.58. The van der Waals surface area contributed by atoms with Crippen LogP contribution in [0.3, 0.4) is 0 Å². The molecule has 186 valence electrons. The molecule has 0 bridgehead atoms. The molecule has 0 amide bonds. The largest absolute Gasteiger partial charge is 0.507 e. The molecule has 1 saturated heterocycles. The predicted octanol–water partition coefficient (Wildman–Crippen LogP) is -1.19. The number of hydrogen-bond acceptors (Lipinski definition) is 12. The van der Waals surface area contributed by atoms with Gasteiger partial charge in [0.2, 0.25) is 0 Å². The van der Waals surface area contributed by atoms with Crippen LogP contribution in [0.15, 0.2) is 6.07 Å². The van der Waals surface area contributed by atoms with Crippen LogP contribution in [0, 0.1) is 6.92 Å². The van der Waals surface area contributed by atoms with Gasteiger partial charge in [-0.1, -0.05) is 0 Å². The number of benzene rings is 2. The van der Waals surface area contributed by atoms with Crippen LogP contribution in [0.4, 0.5) is 0 Å². The maximum atomic E-state index is 13.4. The second-order valence-corrected chi connectivity index (χ2v) is 8.24. The molecule has 13 heteroatoms. The molecule has 2 aliphatic rings. The molecule has 0 spiro atoms. The van der Waals surface area contributed by atoms with Crippen LogP contribution in [-0.2, 0) is 4.74 Å². The summed E-state index contributed by atoms with van der Waals surface area (Å²) >= 11 is 0. The number of aliphatic hydroxyl groups is 4. The molecule has 1 fully saturated rings. The Kier molecular flexibility index (Phi) is 5.70. The van der Waals surface area contributed by atoms with Crippen LogP contribution in [0.1, 0.15) is 59.4 Å². The zero-order valence-electron chi connectivity index (χ0n) is 17.8. The predicted molar refractivity (Wildman–Crippen MR) is 111 cm³/mol. The molecule has 1 aliphatic carbocycles. The fraction of sp³-hybridized carbons (Fsp3) is 0.318. The van der Waals surface area contributed by atoms with Crippen LogP contribution in [0.5, 0.6) is 23.0 Å². The number of aliphatic hydroxyl groups excluding tert-OH is 4. The first-order valence-electron chi connectivity index (χ1n) is 10.2. The molecule has 2 aromatic rings. The minimum absolute atomic E-state index is 0.308. The van der Waals surface area contributed by atoms with E-state index in [1.54, 1.807) is 0 Å². The van der Waals surface area contributed by atoms with E-state index in [1.165, 1.54) is 0 Å². The molecule has 0 aromatic heterocycles. The normalized spacial score (nSPS) is 25.8. The molecule has 2 aromatic carbocycles. The third-order valence-corrected chi connectivity index (χ3v) is 6.33. The minimum Gasteiger partial charge on any atom is -0.507 e. The van der Waals surface area contributed by atoms with Crippen molar-refractivity contribution in [1.82, 2.24) is 0 Å². The number of carboxylic acids is 1. The highest BCUT2D eigenvalue weighted by Gasteiger charge is 2.48. The third kappa shape index (κ3) is 3.25. The van der Waals surface area contributed by atoms with Crippen molar-refractivity contribution >= 4 is 17.5 Å². The van der Waals surface area contributed by atoms with E-state index in [2.05, 4.69) is 0 Å². The summed E-state index contributed by atoms with van der Waals surface area (Å²) < 4.78 is 5.30. The lowest BCUT2D eigenvalue weighted by Gasteiger charge is -2.40. The van der Waals surface area contributed by atoms with E-state index < -0.39 is 111 Å². The summed E-state index contributed by atoms with van der Waals surface area (Å²) in [6, 6.07) is 0.716. The first-order valence-corrected chi connectivity index (χ1v) is 10.2. The summed E-state index contributed by atoms with van der Waals surface area (Å²) in [5, 5.41) is 91.5. The lowest BCUT2D eigenvalue weighted by atomic mass is 9.77. The van der Waals surface area contributed by atoms with Crippen molar-refractivity contribution in [2.45, 2.75) is 37.4 Å². The number of carbonyl (C=O) groups excluding carboxylic acids is 2. The molecular formula is C22H20O13. The summed E-state index contributed by atoms with van der Waals surface area (Å²) in [7, 11) is 0. The van der Waals surface area contributed by atoms with Gasteiger partial charge < -0.3 is 50.7 Å². The number of hydrogen-bond donors (Lipinski definition) is 9. The maximum Gasteiger partial charge on any atom is 0.339 e. The van der Waals surface area contributed by atoms with Gasteiger partial charge in [0.1, 0.15) is 47.6 Å². The number of ketones is 2. The van der Waals surface area contributed by atoms with Crippen LogP contribution >= 0.6 is 0 Å². The van der Waals surface area contributed by atoms with Crippen molar-refractivity contribution in [3.8, 4) is 23.0 Å². The summed E-state index contributed by atoms with van der Waals surface area (Å²) in [5.74, 6) is -8.24. The van der Waals surface area contributed by atoms with Gasteiger partial charge in [-0.2, -0.15) is 0 Å². The molecule has 9 N–H and O–H groups in total. The Bertz CT molecular complexity index is 1300. The van der Waals surface area contributed by atoms with E-state index in [9.17, 15) is 60.3 Å². The zero-order valence-corrected chi connectivity index (χ0v) is 17.8. The molecule has 5 atom stereocenters. The minimum atomic E-state index is -2.03. The van der Waals surface area contributed by atoms with E-state index in [0.717, 1.165) is 6.92 Å². The number of phenols is 4. The van der Waals surface area contributed by atoms with Crippen LogP contribution in [0.25, 0.3) is 0 Å². The summed E-state index contributed by atoms with van der Waals surface area (Å²) in [4.78, 5) is 38.1. The van der Waals surface area contributed by atoms with Gasteiger partial charge in [-0.25, -0.2) is 4.79 Å². The van der Waals surface area contributed by atoms with E-state index in [1.807, 2.05) is 0 Å². The SMILES string of the molecule is Cc1c(C(=O)O)c(O)cc2c1C(=O)c1c(O)c([C@@H]3O[C@@H](CO)[C@@H](O)[C@@H](O)[C@@H]3O)c(O)c(O)c1C2=O. The van der Waals surface area contributed by atoms with Gasteiger partial charge in [-0.15, -0.1) is 0 Å². The number of rotatable bonds is 3. The Morgan fingerprint density at radius 3 is 2.06 bits per heavy atom. The first kappa shape index (κ1) is 24.4. The monoisotopic (exact) mass is 492 g/mol. The Morgan fingerprint density at radius 1 is 0.886 bits per heavy atom. The van der Waals surface area contributed by atoms with Gasteiger partial charge in [0.25, 0.3) is 0 Å². The number of ether oxygens (including phenoxy) is 1. The smallest absolute Gasteiger partial charge is 0.339 e. The number of phenolic OH excluding ortho intramolecular Hbond substituents is 3. The molecule has 0 saturated carbocycles. The fourth-order valence-electron chi connectivity index (χ4n) is 4.58. The number of aromatic hydroxyl groups is 4. The van der Waals surface area contributed by atoms with Crippen molar-refractivity contribution < 1.29 is 65.1 Å². The maximum absolute atomic E-state index is 13.4. The molecule has 13 nitrogen and oxygen atoms in total. The number of carboxylic acid groups (broad SMARTS) is 1. The highest BCUT2D eigenvalue weighted by Crippen LogP contribution is 2.52. The van der Waals surface area contributed by atoms with Crippen molar-refractivity contribution in [2.24, 2.45) is 0 Å². The average molecular weight is 492 g/mol. The Labute approximate surface area is 195 Å². The average Bonchev–Trinajstić information content (AvgIpc) is 2.79. The summed E-state index contributed by atoms with van der Waals surface area (Å²) in [6.45, 7) is 0.291. The van der Waals surface area contributed by atoms with Crippen LogP contribution in [-0.4, -0.2) is 94.5 Å². The van der Waals surface area contributed by atoms with Gasteiger partial charge in [0.05, 0.1) is 23.3 Å². The van der Waals surface area contributed by atoms with Gasteiger partial charge >= 0.3 is 5.97 Å². The Hall–Kier alpha value is -3.75. The number of carbonyl (C=O) groups is 3. The lowest BCUT2D eigenvalue weighted by Crippen LogP contribution is -2.55. The second-order valence-electron chi connectivity index (χ2n) is 8.24. The quantitative estimate of drug-likeness (QED) is 0.154. The van der Waals surface area contributed by atoms with E-state index in [0.29, 0.717) is 6.07 Å². The van der Waals surface area contributed by atoms with Crippen molar-refractivity contribution in [3.63, 3.8) is 0 Å². The lowest BCUT2D eigenvalue weighted by molar-refractivity contribution is -0.232. The van der Waals surface area contributed by atoms with Crippen molar-refractivity contribution in [1.29, 1.82) is 0 Å². The highest BCUT2D eigenvalue weighted by atomic mass is 16.5. The third-order valence-electron chi connectivity index (χ3n) is 6.33. The van der Waals surface area contributed by atoms with Crippen LogP contribution < -0.4 is 0 Å². The van der Waals surface area contributed by atoms with Gasteiger partial charge in [-0.05, 0) is 18.6 Å². The molecule has 0 radical (unpaired) electrons. The molecule has 0 unspecified atom stereocenters. The van der Waals surface area contributed by atoms with Crippen molar-refractivity contribution in [3.05, 3.63) is 45.0 Å². The zero-order chi connectivity index (χ0) is 26.1. The first-order chi connectivity index (χ1) is 16.3. The molecule has 35 heavy (non-hydrogen) atoms.